The Hall–Kier alpha value is -1.94. The third kappa shape index (κ3) is 70.2. The number of unbranched alkanes of at least 4 members (excludes halogenated alkanes) is 40. The van der Waals surface area contributed by atoms with Gasteiger partial charge in [-0.15, -0.1) is 0 Å². The maximum Gasteiger partial charge on any atom is 0.472 e. The van der Waals surface area contributed by atoms with Gasteiger partial charge in [0.1, 0.15) is 19.3 Å². The molecule has 0 saturated carbocycles. The average Bonchev–Trinajstić information content (AvgIpc) is 0.969. The van der Waals surface area contributed by atoms with Gasteiger partial charge in [-0.05, 0) is 49.4 Å². The van der Waals surface area contributed by atoms with Gasteiger partial charge in [-0.25, -0.2) is 9.13 Å². The number of phosphoric acid groups is 2. The first-order valence-corrected chi connectivity index (χ1v) is 44.3. The van der Waals surface area contributed by atoms with Crippen LogP contribution in [0.5, 0.6) is 0 Å². The molecule has 0 aliphatic carbocycles. The number of ether oxygens (including phenoxy) is 4. The summed E-state index contributed by atoms with van der Waals surface area (Å²) in [7, 11) is -9.92. The van der Waals surface area contributed by atoms with Crippen molar-refractivity contribution in [3.63, 3.8) is 0 Å². The zero-order valence-corrected chi connectivity index (χ0v) is 66.9. The monoisotopic (exact) mass is 1450 g/mol. The SMILES string of the molecule is CCC(C)CCCCCCCCCCCCCCCCC(=O)OC[C@H](COP(=O)(O)OC[C@@H](O)COP(=O)(O)OC[C@@H](COC(=O)CCCCCCCCC(C)CC)OC(=O)CCCCCCCCCCCCC(C)CC)OC(=O)CCCCCCCCCCCCCCCCC(C)C. The molecule has 17 nitrogen and oxygen atoms in total. The Morgan fingerprint density at radius 1 is 0.283 bits per heavy atom. The second-order valence-corrected chi connectivity index (χ2v) is 32.9. The van der Waals surface area contributed by atoms with E-state index in [0.29, 0.717) is 25.7 Å². The lowest BCUT2D eigenvalue weighted by Gasteiger charge is -2.21. The first-order valence-electron chi connectivity index (χ1n) is 41.3. The summed E-state index contributed by atoms with van der Waals surface area (Å²) in [5.41, 5.74) is 0. The van der Waals surface area contributed by atoms with Gasteiger partial charge in [-0.2, -0.15) is 0 Å². The van der Waals surface area contributed by atoms with Crippen molar-refractivity contribution in [1.82, 2.24) is 0 Å². The summed E-state index contributed by atoms with van der Waals surface area (Å²) in [6, 6.07) is 0. The smallest absolute Gasteiger partial charge is 0.462 e. The first-order chi connectivity index (χ1) is 47.7. The quantitative estimate of drug-likeness (QED) is 0.0222. The summed E-state index contributed by atoms with van der Waals surface area (Å²) in [6.07, 6.45) is 55.3. The van der Waals surface area contributed by atoms with Crippen LogP contribution in [-0.4, -0.2) is 96.7 Å². The van der Waals surface area contributed by atoms with Crippen LogP contribution in [0.15, 0.2) is 0 Å². The molecule has 0 heterocycles. The van der Waals surface area contributed by atoms with E-state index in [1.54, 1.807) is 0 Å². The van der Waals surface area contributed by atoms with Gasteiger partial charge >= 0.3 is 39.5 Å². The number of carbonyl (C=O) groups is 4. The molecule has 99 heavy (non-hydrogen) atoms. The Bertz CT molecular complexity index is 1940. The first kappa shape index (κ1) is 97.1. The third-order valence-corrected chi connectivity index (χ3v) is 21.6. The van der Waals surface area contributed by atoms with Crippen LogP contribution in [0.25, 0.3) is 0 Å². The van der Waals surface area contributed by atoms with Gasteiger partial charge in [0.2, 0.25) is 0 Å². The van der Waals surface area contributed by atoms with Crippen LogP contribution >= 0.6 is 15.6 Å². The average molecular weight is 1450 g/mol. The van der Waals surface area contributed by atoms with E-state index in [1.807, 2.05) is 0 Å². The molecule has 0 saturated heterocycles. The fourth-order valence-corrected chi connectivity index (χ4v) is 13.7. The lowest BCUT2D eigenvalue weighted by Crippen LogP contribution is -2.30. The summed E-state index contributed by atoms with van der Waals surface area (Å²) in [4.78, 5) is 73.0. The number of carbonyl (C=O) groups excluding carboxylic acids is 4. The van der Waals surface area contributed by atoms with Crippen LogP contribution < -0.4 is 0 Å². The van der Waals surface area contributed by atoms with Crippen molar-refractivity contribution >= 4 is 39.5 Å². The molecular weight excluding hydrogens is 1290 g/mol. The van der Waals surface area contributed by atoms with Crippen molar-refractivity contribution in [2.75, 3.05) is 39.6 Å². The minimum absolute atomic E-state index is 0.105. The zero-order valence-electron chi connectivity index (χ0n) is 65.1. The van der Waals surface area contributed by atoms with Crippen molar-refractivity contribution in [3.8, 4) is 0 Å². The predicted octanol–water partition coefficient (Wildman–Crippen LogP) is 23.6. The Kier molecular flexibility index (Phi) is 67.8. The van der Waals surface area contributed by atoms with E-state index in [2.05, 4.69) is 55.4 Å². The number of rotatable bonds is 77. The van der Waals surface area contributed by atoms with Crippen molar-refractivity contribution in [3.05, 3.63) is 0 Å². The molecule has 8 atom stereocenters. The van der Waals surface area contributed by atoms with Crippen LogP contribution in [0.1, 0.15) is 409 Å². The highest BCUT2D eigenvalue weighted by atomic mass is 31.2. The second kappa shape index (κ2) is 69.1. The largest absolute Gasteiger partial charge is 0.472 e. The van der Waals surface area contributed by atoms with Crippen LogP contribution in [-0.2, 0) is 65.4 Å². The van der Waals surface area contributed by atoms with Crippen molar-refractivity contribution in [2.24, 2.45) is 23.7 Å². The van der Waals surface area contributed by atoms with Gasteiger partial charge in [0.25, 0.3) is 0 Å². The molecule has 0 aliphatic heterocycles. The van der Waals surface area contributed by atoms with Crippen LogP contribution in [0.4, 0.5) is 0 Å². The minimum Gasteiger partial charge on any atom is -0.462 e. The molecule has 0 amide bonds. The van der Waals surface area contributed by atoms with Gasteiger partial charge in [-0.1, -0.05) is 357 Å². The van der Waals surface area contributed by atoms with Gasteiger partial charge in [-0.3, -0.25) is 37.3 Å². The zero-order chi connectivity index (χ0) is 73.1. The van der Waals surface area contributed by atoms with Gasteiger partial charge in [0, 0.05) is 25.7 Å². The molecule has 0 aromatic rings. The molecule has 588 valence electrons. The lowest BCUT2D eigenvalue weighted by molar-refractivity contribution is -0.161. The highest BCUT2D eigenvalue weighted by Gasteiger charge is 2.30. The number of hydrogen-bond donors (Lipinski definition) is 3. The topological polar surface area (TPSA) is 237 Å². The Balaban J connectivity index is 5.26. The van der Waals surface area contributed by atoms with E-state index in [-0.39, 0.29) is 25.7 Å². The number of hydrogen-bond acceptors (Lipinski definition) is 15. The normalized spacial score (nSPS) is 14.9. The van der Waals surface area contributed by atoms with E-state index < -0.39 is 97.5 Å². The van der Waals surface area contributed by atoms with Gasteiger partial charge in [0.05, 0.1) is 26.4 Å². The molecule has 3 N–H and O–H groups in total. The Morgan fingerprint density at radius 3 is 0.717 bits per heavy atom. The molecule has 0 radical (unpaired) electrons. The van der Waals surface area contributed by atoms with Crippen molar-refractivity contribution in [1.29, 1.82) is 0 Å². The molecular formula is C80H156O17P2. The van der Waals surface area contributed by atoms with Crippen molar-refractivity contribution < 1.29 is 80.2 Å². The van der Waals surface area contributed by atoms with E-state index >= 15 is 0 Å². The predicted molar refractivity (Wildman–Crippen MR) is 404 cm³/mol. The molecule has 0 fully saturated rings. The maximum absolute atomic E-state index is 13.1. The molecule has 0 rings (SSSR count). The number of aliphatic hydroxyl groups excluding tert-OH is 1. The minimum atomic E-state index is -4.96. The van der Waals surface area contributed by atoms with Crippen LogP contribution in [0.2, 0.25) is 0 Å². The highest BCUT2D eigenvalue weighted by molar-refractivity contribution is 7.47. The molecule has 19 heteroatoms. The van der Waals surface area contributed by atoms with Gasteiger partial charge < -0.3 is 33.8 Å². The number of aliphatic hydroxyl groups is 1. The Morgan fingerprint density at radius 2 is 0.485 bits per heavy atom. The second-order valence-electron chi connectivity index (χ2n) is 30.0. The number of phosphoric ester groups is 2. The van der Waals surface area contributed by atoms with E-state index in [0.717, 1.165) is 120 Å². The highest BCUT2D eigenvalue weighted by Crippen LogP contribution is 2.45. The summed E-state index contributed by atoms with van der Waals surface area (Å²) in [5.74, 6) is 1.06. The van der Waals surface area contributed by atoms with E-state index in [9.17, 15) is 43.2 Å². The third-order valence-electron chi connectivity index (χ3n) is 19.7. The molecule has 0 spiro atoms. The van der Waals surface area contributed by atoms with Crippen LogP contribution in [0, 0.1) is 23.7 Å². The lowest BCUT2D eigenvalue weighted by atomic mass is 9.99. The Labute approximate surface area is 607 Å². The molecule has 0 bridgehead atoms. The summed E-state index contributed by atoms with van der Waals surface area (Å²) in [5, 5.41) is 10.6. The molecule has 5 unspecified atom stereocenters. The fourth-order valence-electron chi connectivity index (χ4n) is 12.2. The maximum atomic E-state index is 13.1. The summed E-state index contributed by atoms with van der Waals surface area (Å²) in [6.45, 7) is 14.3. The summed E-state index contributed by atoms with van der Waals surface area (Å²) >= 11 is 0. The number of esters is 4. The fraction of sp³-hybridized carbons (Fsp3) is 0.950. The van der Waals surface area contributed by atoms with Crippen LogP contribution in [0.3, 0.4) is 0 Å². The molecule has 0 aliphatic rings. The molecule has 0 aromatic carbocycles. The van der Waals surface area contributed by atoms with E-state index in [1.165, 1.54) is 205 Å². The summed E-state index contributed by atoms with van der Waals surface area (Å²) < 4.78 is 68.7. The standard InChI is InChI=1S/C80H156O17P2/c1-9-71(6)57-49-41-33-27-21-17-13-15-18-22-29-35-44-52-60-77(82)90-66-75(96-79(84)62-54-46-36-30-23-19-14-12-16-20-26-32-40-48-56-70(4)5)68-94-98(86,87)92-64-74(81)65-93-99(88,89)95-69-76(67-91-78(83)61-53-45-39-38-43-51-59-73(8)11-3)97-80(85)63-55-47-37-31-25-24-28-34-42-50-58-72(7)10-2/h70-76,81H,9-69H2,1-8H3,(H,86,87)(H,88,89)/t71?,72?,73?,74-,75-,76-/m1/s1. The van der Waals surface area contributed by atoms with Crippen molar-refractivity contribution in [2.45, 2.75) is 427 Å². The van der Waals surface area contributed by atoms with Gasteiger partial charge in [0.15, 0.2) is 12.2 Å². The van der Waals surface area contributed by atoms with E-state index in [4.69, 9.17) is 37.0 Å². The molecule has 0 aromatic heterocycles.